The standard InChI is InChI=1S/C22H19NO3S/c1-15-8-10-16(11-9-15)12-13-19(24)23-21-20(22(25)26-2)18(14-27-21)17-6-4-3-5-7-17/h3-14H,1-2H3,(H,23,24). The fourth-order valence-electron chi connectivity index (χ4n) is 2.59. The lowest BCUT2D eigenvalue weighted by atomic mass is 10.0. The number of benzene rings is 2. The third-order valence-corrected chi connectivity index (χ3v) is 4.90. The van der Waals surface area contributed by atoms with Crippen molar-refractivity contribution < 1.29 is 14.3 Å². The maximum atomic E-state index is 12.3. The van der Waals surface area contributed by atoms with E-state index in [0.29, 0.717) is 10.6 Å². The summed E-state index contributed by atoms with van der Waals surface area (Å²) < 4.78 is 4.92. The molecule has 0 aliphatic rings. The van der Waals surface area contributed by atoms with E-state index in [4.69, 9.17) is 4.74 Å². The van der Waals surface area contributed by atoms with Gasteiger partial charge in [-0.25, -0.2) is 4.79 Å². The third-order valence-electron chi connectivity index (χ3n) is 4.01. The number of ether oxygens (including phenoxy) is 1. The zero-order chi connectivity index (χ0) is 19.2. The van der Waals surface area contributed by atoms with Crippen molar-refractivity contribution in [1.29, 1.82) is 0 Å². The van der Waals surface area contributed by atoms with Crippen LogP contribution in [0.3, 0.4) is 0 Å². The van der Waals surface area contributed by atoms with Gasteiger partial charge in [0.25, 0.3) is 0 Å². The lowest BCUT2D eigenvalue weighted by molar-refractivity contribution is -0.111. The first-order chi connectivity index (χ1) is 13.1. The normalized spacial score (nSPS) is 10.7. The van der Waals surface area contributed by atoms with Gasteiger partial charge in [-0.1, -0.05) is 60.2 Å². The molecule has 2 aromatic carbocycles. The van der Waals surface area contributed by atoms with Crippen LogP contribution in [0.5, 0.6) is 0 Å². The summed E-state index contributed by atoms with van der Waals surface area (Å²) in [5.74, 6) is -0.782. The summed E-state index contributed by atoms with van der Waals surface area (Å²) in [7, 11) is 1.33. The number of rotatable bonds is 5. The van der Waals surface area contributed by atoms with E-state index in [2.05, 4.69) is 5.32 Å². The maximum absolute atomic E-state index is 12.3. The average molecular weight is 377 g/mol. The number of nitrogens with one attached hydrogen (secondary N) is 1. The number of methoxy groups -OCH3 is 1. The molecule has 0 aliphatic carbocycles. The van der Waals surface area contributed by atoms with Crippen molar-refractivity contribution >= 4 is 34.3 Å². The lowest BCUT2D eigenvalue weighted by Crippen LogP contribution is -2.11. The molecule has 27 heavy (non-hydrogen) atoms. The molecule has 4 nitrogen and oxygen atoms in total. The Kier molecular flexibility index (Phi) is 5.84. The second-order valence-corrected chi connectivity index (χ2v) is 6.82. The zero-order valence-corrected chi connectivity index (χ0v) is 15.9. The number of anilines is 1. The molecule has 0 saturated heterocycles. The first-order valence-corrected chi connectivity index (χ1v) is 9.27. The summed E-state index contributed by atoms with van der Waals surface area (Å²) >= 11 is 1.30. The number of aryl methyl sites for hydroxylation is 1. The monoisotopic (exact) mass is 377 g/mol. The molecule has 0 saturated carbocycles. The van der Waals surface area contributed by atoms with E-state index < -0.39 is 5.97 Å². The van der Waals surface area contributed by atoms with Crippen LogP contribution in [0.4, 0.5) is 5.00 Å². The van der Waals surface area contributed by atoms with Gasteiger partial charge < -0.3 is 10.1 Å². The predicted octanol–water partition coefficient (Wildman–Crippen LogP) is 5.16. The highest BCUT2D eigenvalue weighted by Crippen LogP contribution is 2.36. The molecule has 3 rings (SSSR count). The van der Waals surface area contributed by atoms with Crippen molar-refractivity contribution in [3.05, 3.63) is 82.7 Å². The molecule has 0 spiro atoms. The smallest absolute Gasteiger partial charge is 0.341 e. The summed E-state index contributed by atoms with van der Waals surface area (Å²) in [4.78, 5) is 24.6. The van der Waals surface area contributed by atoms with E-state index >= 15 is 0 Å². The number of carbonyl (C=O) groups excluding carboxylic acids is 2. The molecule has 0 fully saturated rings. The molecule has 0 radical (unpaired) electrons. The second-order valence-electron chi connectivity index (χ2n) is 5.94. The summed E-state index contributed by atoms with van der Waals surface area (Å²) in [5.41, 5.74) is 4.09. The molecule has 0 aliphatic heterocycles. The van der Waals surface area contributed by atoms with Crippen molar-refractivity contribution in [2.75, 3.05) is 12.4 Å². The second kappa shape index (κ2) is 8.47. The van der Waals surface area contributed by atoms with Crippen LogP contribution in [-0.2, 0) is 9.53 Å². The van der Waals surface area contributed by atoms with Crippen molar-refractivity contribution in [3.8, 4) is 11.1 Å². The van der Waals surface area contributed by atoms with Crippen LogP contribution in [0.15, 0.2) is 66.1 Å². The molecule has 136 valence electrons. The molecule has 5 heteroatoms. The van der Waals surface area contributed by atoms with E-state index in [1.807, 2.05) is 66.9 Å². The van der Waals surface area contributed by atoms with Gasteiger partial charge in [-0.15, -0.1) is 11.3 Å². The van der Waals surface area contributed by atoms with E-state index in [-0.39, 0.29) is 5.91 Å². The summed E-state index contributed by atoms with van der Waals surface area (Å²) in [6, 6.07) is 17.4. The Labute approximate surface area is 162 Å². The molecule has 0 atom stereocenters. The van der Waals surface area contributed by atoms with Crippen LogP contribution in [0.25, 0.3) is 17.2 Å². The van der Waals surface area contributed by atoms with Gasteiger partial charge in [0.2, 0.25) is 5.91 Å². The van der Waals surface area contributed by atoms with E-state index in [0.717, 1.165) is 22.3 Å². The van der Waals surface area contributed by atoms with Gasteiger partial charge in [0, 0.05) is 17.0 Å². The van der Waals surface area contributed by atoms with Crippen LogP contribution in [-0.4, -0.2) is 19.0 Å². The minimum Gasteiger partial charge on any atom is -0.465 e. The van der Waals surface area contributed by atoms with Crippen LogP contribution >= 0.6 is 11.3 Å². The molecule has 1 heterocycles. The molecule has 1 N–H and O–H groups in total. The fourth-order valence-corrected chi connectivity index (χ4v) is 3.55. The number of esters is 1. The minimum atomic E-state index is -0.479. The largest absolute Gasteiger partial charge is 0.465 e. The molecule has 0 unspecified atom stereocenters. The molecule has 0 bridgehead atoms. The minimum absolute atomic E-state index is 0.304. The number of hydrogen-bond donors (Lipinski definition) is 1. The lowest BCUT2D eigenvalue weighted by Gasteiger charge is -2.06. The number of amides is 1. The average Bonchev–Trinajstić information content (AvgIpc) is 3.11. The van der Waals surface area contributed by atoms with Gasteiger partial charge in [-0.3, -0.25) is 4.79 Å². The number of hydrogen-bond acceptors (Lipinski definition) is 4. The molecule has 1 aromatic heterocycles. The van der Waals surface area contributed by atoms with Crippen molar-refractivity contribution in [2.45, 2.75) is 6.92 Å². The first-order valence-electron chi connectivity index (χ1n) is 8.39. The Hall–Kier alpha value is -3.18. The van der Waals surface area contributed by atoms with Crippen molar-refractivity contribution in [3.63, 3.8) is 0 Å². The van der Waals surface area contributed by atoms with Crippen molar-refractivity contribution in [1.82, 2.24) is 0 Å². The number of thiophene rings is 1. The third kappa shape index (κ3) is 4.51. The molecular formula is C22H19NO3S. The topological polar surface area (TPSA) is 55.4 Å². The SMILES string of the molecule is COC(=O)c1c(-c2ccccc2)csc1NC(=O)C=Cc1ccc(C)cc1. The van der Waals surface area contributed by atoms with Crippen LogP contribution < -0.4 is 5.32 Å². The summed E-state index contributed by atoms with van der Waals surface area (Å²) in [6.45, 7) is 2.01. The Morgan fingerprint density at radius 1 is 1.04 bits per heavy atom. The summed E-state index contributed by atoms with van der Waals surface area (Å²) in [6.07, 6.45) is 3.19. The predicted molar refractivity (Wildman–Crippen MR) is 110 cm³/mol. The van der Waals surface area contributed by atoms with Gasteiger partial charge in [-0.2, -0.15) is 0 Å². The van der Waals surface area contributed by atoms with Crippen LogP contribution in [0.1, 0.15) is 21.5 Å². The van der Waals surface area contributed by atoms with Gasteiger partial charge >= 0.3 is 5.97 Å². The van der Waals surface area contributed by atoms with Crippen LogP contribution in [0.2, 0.25) is 0 Å². The summed E-state index contributed by atoms with van der Waals surface area (Å²) in [5, 5.41) is 5.11. The Morgan fingerprint density at radius 2 is 1.74 bits per heavy atom. The van der Waals surface area contributed by atoms with Gasteiger partial charge in [0.05, 0.1) is 7.11 Å². The van der Waals surface area contributed by atoms with Crippen LogP contribution in [0, 0.1) is 6.92 Å². The van der Waals surface area contributed by atoms with Crippen molar-refractivity contribution in [2.24, 2.45) is 0 Å². The molecule has 1 amide bonds. The van der Waals surface area contributed by atoms with E-state index in [9.17, 15) is 9.59 Å². The van der Waals surface area contributed by atoms with Gasteiger partial charge in [0.1, 0.15) is 10.6 Å². The Bertz CT molecular complexity index is 973. The number of carbonyl (C=O) groups is 2. The van der Waals surface area contributed by atoms with E-state index in [1.54, 1.807) is 6.08 Å². The highest BCUT2D eigenvalue weighted by Gasteiger charge is 2.21. The highest BCUT2D eigenvalue weighted by molar-refractivity contribution is 7.15. The first kappa shape index (κ1) is 18.6. The quantitative estimate of drug-likeness (QED) is 0.493. The molecule has 3 aromatic rings. The van der Waals surface area contributed by atoms with E-state index in [1.165, 1.54) is 24.5 Å². The van der Waals surface area contributed by atoms with Gasteiger partial charge in [0.15, 0.2) is 0 Å². The maximum Gasteiger partial charge on any atom is 0.341 e. The Balaban J connectivity index is 1.84. The van der Waals surface area contributed by atoms with Gasteiger partial charge in [-0.05, 0) is 24.1 Å². The zero-order valence-electron chi connectivity index (χ0n) is 15.1. The Morgan fingerprint density at radius 3 is 2.41 bits per heavy atom. The fraction of sp³-hybridized carbons (Fsp3) is 0.0909. The highest BCUT2D eigenvalue weighted by atomic mass is 32.1. The molecular weight excluding hydrogens is 358 g/mol.